The summed E-state index contributed by atoms with van der Waals surface area (Å²) in [6, 6.07) is 11.3. The third-order valence-electron chi connectivity index (χ3n) is 2.04. The van der Waals surface area contributed by atoms with Crippen molar-refractivity contribution >= 4 is 15.8 Å². The van der Waals surface area contributed by atoms with E-state index in [1.54, 1.807) is 4.90 Å². The van der Waals surface area contributed by atoms with Gasteiger partial charge in [0.2, 0.25) is 0 Å². The molecule has 0 spiro atoms. The summed E-state index contributed by atoms with van der Waals surface area (Å²) in [5, 5.41) is 8.71. The number of nitriles is 1. The molecule has 0 fully saturated rings. The van der Waals surface area contributed by atoms with Gasteiger partial charge in [-0.2, -0.15) is 13.7 Å². The van der Waals surface area contributed by atoms with Crippen LogP contribution in [-0.4, -0.2) is 34.4 Å². The first-order chi connectivity index (χ1) is 8.03. The van der Waals surface area contributed by atoms with Crippen molar-refractivity contribution < 1.29 is 12.6 Å². The number of anilines is 1. The van der Waals surface area contributed by atoms with E-state index in [0.29, 0.717) is 6.54 Å². The van der Waals surface area contributed by atoms with Gasteiger partial charge in [0.05, 0.1) is 18.9 Å². The van der Waals surface area contributed by atoms with Gasteiger partial charge in [-0.1, -0.05) is 18.2 Å². The van der Waals surface area contributed by atoms with E-state index in [1.807, 2.05) is 36.4 Å². The van der Waals surface area contributed by atoms with Crippen LogP contribution in [0.25, 0.3) is 0 Å². The number of benzene rings is 1. The van der Waals surface area contributed by atoms with Gasteiger partial charge in [-0.05, 0) is 12.1 Å². The van der Waals surface area contributed by atoms with Gasteiger partial charge in [-0.25, -0.2) is 0 Å². The predicted molar refractivity (Wildman–Crippen MR) is 65.1 cm³/mol. The molecule has 0 saturated heterocycles. The molecular formula is C11H14N2O3S. The lowest BCUT2D eigenvalue weighted by molar-refractivity contribution is 0.328. The van der Waals surface area contributed by atoms with Gasteiger partial charge in [-0.15, -0.1) is 0 Å². The van der Waals surface area contributed by atoms with E-state index >= 15 is 0 Å². The Bertz CT molecular complexity index is 479. The second-order valence-electron chi connectivity index (χ2n) is 3.44. The van der Waals surface area contributed by atoms with Crippen molar-refractivity contribution in [3.63, 3.8) is 0 Å². The zero-order valence-corrected chi connectivity index (χ0v) is 10.4. The van der Waals surface area contributed by atoms with Crippen LogP contribution in [0.3, 0.4) is 0 Å². The minimum Gasteiger partial charge on any atom is -0.356 e. The zero-order chi connectivity index (χ0) is 12.7. The molecule has 17 heavy (non-hydrogen) atoms. The Kier molecular flexibility index (Phi) is 4.94. The minimum absolute atomic E-state index is 0.0371. The third-order valence-corrected chi connectivity index (χ3v) is 2.64. The van der Waals surface area contributed by atoms with Crippen LogP contribution < -0.4 is 4.90 Å². The van der Waals surface area contributed by atoms with E-state index in [0.717, 1.165) is 11.9 Å². The molecule has 0 radical (unpaired) electrons. The summed E-state index contributed by atoms with van der Waals surface area (Å²) in [4.78, 5) is 1.76. The fourth-order valence-corrected chi connectivity index (χ4v) is 1.70. The van der Waals surface area contributed by atoms with Gasteiger partial charge in [-0.3, -0.25) is 4.18 Å². The van der Waals surface area contributed by atoms with Crippen LogP contribution >= 0.6 is 0 Å². The summed E-state index contributed by atoms with van der Waals surface area (Å²) in [6.07, 6.45) is 1.00. The van der Waals surface area contributed by atoms with Crippen LogP contribution in [0.15, 0.2) is 30.3 Å². The average molecular weight is 254 g/mol. The van der Waals surface area contributed by atoms with Crippen LogP contribution in [0.1, 0.15) is 0 Å². The highest BCUT2D eigenvalue weighted by atomic mass is 32.2. The molecule has 0 aliphatic carbocycles. The molecule has 0 heterocycles. The second-order valence-corrected chi connectivity index (χ2v) is 5.09. The Morgan fingerprint density at radius 2 is 2.00 bits per heavy atom. The molecule has 1 aromatic rings. The quantitative estimate of drug-likeness (QED) is 0.559. The zero-order valence-electron chi connectivity index (χ0n) is 9.54. The number of para-hydroxylation sites is 1. The molecule has 92 valence electrons. The summed E-state index contributed by atoms with van der Waals surface area (Å²) < 4.78 is 26.3. The first-order valence-electron chi connectivity index (χ1n) is 5.04. The van der Waals surface area contributed by atoms with E-state index in [2.05, 4.69) is 4.18 Å². The molecule has 0 amide bonds. The topological polar surface area (TPSA) is 70.4 Å². The first-order valence-corrected chi connectivity index (χ1v) is 6.86. The fourth-order valence-electron chi connectivity index (χ4n) is 1.32. The van der Waals surface area contributed by atoms with Crippen LogP contribution in [0.2, 0.25) is 0 Å². The SMILES string of the molecule is CS(=O)(=O)OCCN(CC#N)c1ccccc1. The smallest absolute Gasteiger partial charge is 0.264 e. The lowest BCUT2D eigenvalue weighted by atomic mass is 10.3. The maximum absolute atomic E-state index is 10.8. The molecule has 0 N–H and O–H groups in total. The van der Waals surface area contributed by atoms with Crippen molar-refractivity contribution in [2.45, 2.75) is 0 Å². The summed E-state index contributed by atoms with van der Waals surface area (Å²) in [5.74, 6) is 0. The molecule has 0 aliphatic heterocycles. The molecule has 1 aromatic carbocycles. The van der Waals surface area contributed by atoms with E-state index in [-0.39, 0.29) is 13.2 Å². The lowest BCUT2D eigenvalue weighted by Gasteiger charge is -2.21. The largest absolute Gasteiger partial charge is 0.356 e. The Balaban J connectivity index is 2.59. The Hall–Kier alpha value is -1.58. The molecule has 5 nitrogen and oxygen atoms in total. The Morgan fingerprint density at radius 3 is 2.53 bits per heavy atom. The fraction of sp³-hybridized carbons (Fsp3) is 0.364. The van der Waals surface area contributed by atoms with Gasteiger partial charge in [0, 0.05) is 12.2 Å². The van der Waals surface area contributed by atoms with Gasteiger partial charge in [0.1, 0.15) is 6.54 Å². The second kappa shape index (κ2) is 6.23. The monoisotopic (exact) mass is 254 g/mol. The molecule has 0 unspecified atom stereocenters. The Morgan fingerprint density at radius 1 is 1.35 bits per heavy atom. The highest BCUT2D eigenvalue weighted by Gasteiger charge is 2.07. The van der Waals surface area contributed by atoms with Gasteiger partial charge in [0.25, 0.3) is 10.1 Å². The highest BCUT2D eigenvalue weighted by Crippen LogP contribution is 2.12. The minimum atomic E-state index is -3.43. The molecule has 0 aliphatic rings. The van der Waals surface area contributed by atoms with Crippen molar-refractivity contribution in [2.75, 3.05) is 30.9 Å². The number of rotatable bonds is 6. The average Bonchev–Trinajstić information content (AvgIpc) is 2.27. The molecule has 0 atom stereocenters. The van der Waals surface area contributed by atoms with Crippen LogP contribution in [0, 0.1) is 11.3 Å². The van der Waals surface area contributed by atoms with Crippen molar-refractivity contribution in [1.82, 2.24) is 0 Å². The van der Waals surface area contributed by atoms with Crippen LogP contribution in [0.5, 0.6) is 0 Å². The number of nitrogens with zero attached hydrogens (tertiary/aromatic N) is 2. The van der Waals surface area contributed by atoms with Gasteiger partial charge < -0.3 is 4.90 Å². The van der Waals surface area contributed by atoms with Crippen molar-refractivity contribution in [3.05, 3.63) is 30.3 Å². The molecule has 1 rings (SSSR count). The Labute approximate surface area is 101 Å². The predicted octanol–water partition coefficient (Wildman–Crippen LogP) is 0.993. The van der Waals surface area contributed by atoms with Crippen LogP contribution in [0.4, 0.5) is 5.69 Å². The molecule has 0 aromatic heterocycles. The van der Waals surface area contributed by atoms with Gasteiger partial charge in [0.15, 0.2) is 0 Å². The van der Waals surface area contributed by atoms with Crippen LogP contribution in [-0.2, 0) is 14.3 Å². The first kappa shape index (κ1) is 13.5. The summed E-state index contributed by atoms with van der Waals surface area (Å²) in [5.41, 5.74) is 0.867. The number of hydrogen-bond donors (Lipinski definition) is 0. The standard InChI is InChI=1S/C11H14N2O3S/c1-17(14,15)16-10-9-13(8-7-12)11-5-3-2-4-6-11/h2-6H,8-10H2,1H3. The third kappa shape index (κ3) is 5.33. The van der Waals surface area contributed by atoms with E-state index < -0.39 is 10.1 Å². The number of hydrogen-bond acceptors (Lipinski definition) is 5. The summed E-state index contributed by atoms with van der Waals surface area (Å²) in [7, 11) is -3.43. The normalized spacial score (nSPS) is 10.8. The van der Waals surface area contributed by atoms with Crippen molar-refractivity contribution in [3.8, 4) is 6.07 Å². The molecule has 0 saturated carbocycles. The molecule has 0 bridgehead atoms. The van der Waals surface area contributed by atoms with E-state index in [1.165, 1.54) is 0 Å². The molecule has 6 heteroatoms. The van der Waals surface area contributed by atoms with Crippen molar-refractivity contribution in [2.24, 2.45) is 0 Å². The maximum atomic E-state index is 10.8. The maximum Gasteiger partial charge on any atom is 0.264 e. The summed E-state index contributed by atoms with van der Waals surface area (Å²) >= 11 is 0. The molecular weight excluding hydrogens is 240 g/mol. The van der Waals surface area contributed by atoms with E-state index in [9.17, 15) is 8.42 Å². The van der Waals surface area contributed by atoms with Gasteiger partial charge >= 0.3 is 0 Å². The summed E-state index contributed by atoms with van der Waals surface area (Å²) in [6.45, 7) is 0.581. The van der Waals surface area contributed by atoms with Crippen molar-refractivity contribution in [1.29, 1.82) is 5.26 Å². The lowest BCUT2D eigenvalue weighted by Crippen LogP contribution is -2.28. The van der Waals surface area contributed by atoms with E-state index in [4.69, 9.17) is 5.26 Å². The highest BCUT2D eigenvalue weighted by molar-refractivity contribution is 7.85.